The van der Waals surface area contributed by atoms with Crippen molar-refractivity contribution in [2.45, 2.75) is 32.4 Å². The van der Waals surface area contributed by atoms with Gasteiger partial charge in [-0.05, 0) is 20.8 Å². The predicted octanol–water partition coefficient (Wildman–Crippen LogP) is -0.785. The Hall–Kier alpha value is -0.650. The van der Waals surface area contributed by atoms with Crippen molar-refractivity contribution in [1.82, 2.24) is 9.80 Å². The Kier molecular flexibility index (Phi) is 4.29. The van der Waals surface area contributed by atoms with E-state index >= 15 is 0 Å². The third-order valence-electron chi connectivity index (χ3n) is 3.63. The minimum absolute atomic E-state index is 0.0437. The summed E-state index contributed by atoms with van der Waals surface area (Å²) in [7, 11) is 0. The molecule has 1 fully saturated rings. The lowest BCUT2D eigenvalue weighted by Gasteiger charge is -2.44. The van der Waals surface area contributed by atoms with E-state index in [-0.39, 0.29) is 17.5 Å². The molecule has 16 heavy (non-hydrogen) atoms. The van der Waals surface area contributed by atoms with Gasteiger partial charge in [0.1, 0.15) is 0 Å². The van der Waals surface area contributed by atoms with Gasteiger partial charge >= 0.3 is 0 Å². The van der Waals surface area contributed by atoms with Crippen molar-refractivity contribution in [3.05, 3.63) is 0 Å². The summed E-state index contributed by atoms with van der Waals surface area (Å²) in [4.78, 5) is 15.6. The Morgan fingerprint density at radius 3 is 2.19 bits per heavy atom. The number of piperazine rings is 1. The lowest BCUT2D eigenvalue weighted by molar-refractivity contribution is -0.123. The van der Waals surface area contributed by atoms with E-state index in [4.69, 9.17) is 11.5 Å². The third-order valence-corrected chi connectivity index (χ3v) is 3.63. The van der Waals surface area contributed by atoms with Gasteiger partial charge in [0.25, 0.3) is 0 Å². The Bertz CT molecular complexity index is 246. The zero-order chi connectivity index (χ0) is 12.3. The highest BCUT2D eigenvalue weighted by Gasteiger charge is 2.30. The highest BCUT2D eigenvalue weighted by Crippen LogP contribution is 2.16. The Balaban J connectivity index is 2.48. The van der Waals surface area contributed by atoms with Crippen molar-refractivity contribution < 1.29 is 4.79 Å². The van der Waals surface area contributed by atoms with E-state index in [0.29, 0.717) is 6.54 Å². The molecule has 0 bridgehead atoms. The van der Waals surface area contributed by atoms with Crippen LogP contribution in [0.1, 0.15) is 20.8 Å². The molecule has 0 saturated carbocycles. The van der Waals surface area contributed by atoms with Crippen molar-refractivity contribution in [1.29, 1.82) is 0 Å². The van der Waals surface area contributed by atoms with Crippen molar-refractivity contribution >= 4 is 5.91 Å². The molecule has 1 rings (SSSR count). The van der Waals surface area contributed by atoms with E-state index in [1.165, 1.54) is 0 Å². The molecule has 0 spiro atoms. The summed E-state index contributed by atoms with van der Waals surface area (Å²) in [6.45, 7) is 10.5. The van der Waals surface area contributed by atoms with Crippen molar-refractivity contribution in [2.24, 2.45) is 11.5 Å². The zero-order valence-corrected chi connectivity index (χ0v) is 10.6. The van der Waals surface area contributed by atoms with Crippen LogP contribution in [0.15, 0.2) is 0 Å². The number of primary amides is 1. The van der Waals surface area contributed by atoms with Gasteiger partial charge in [-0.15, -0.1) is 0 Å². The summed E-state index contributed by atoms with van der Waals surface area (Å²) in [5.41, 5.74) is 11.1. The number of nitrogens with two attached hydrogens (primary N) is 2. The summed E-state index contributed by atoms with van der Waals surface area (Å²) >= 11 is 0. The van der Waals surface area contributed by atoms with Crippen molar-refractivity contribution in [2.75, 3.05) is 32.7 Å². The van der Waals surface area contributed by atoms with Crippen LogP contribution in [0.3, 0.4) is 0 Å². The largest absolute Gasteiger partial charge is 0.368 e. The minimum Gasteiger partial charge on any atom is -0.368 e. The molecule has 0 aliphatic carbocycles. The fourth-order valence-electron chi connectivity index (χ4n) is 2.02. The number of amides is 1. The first kappa shape index (κ1) is 13.4. The van der Waals surface area contributed by atoms with Gasteiger partial charge in [0.2, 0.25) is 5.91 Å². The van der Waals surface area contributed by atoms with Crippen LogP contribution >= 0.6 is 0 Å². The summed E-state index contributed by atoms with van der Waals surface area (Å²) in [5, 5.41) is 0. The summed E-state index contributed by atoms with van der Waals surface area (Å²) in [5.74, 6) is -0.244. The third kappa shape index (κ3) is 2.93. The van der Waals surface area contributed by atoms with E-state index < -0.39 is 0 Å². The molecule has 5 nitrogen and oxygen atoms in total. The molecular weight excluding hydrogens is 204 g/mol. The van der Waals surface area contributed by atoms with Crippen LogP contribution in [-0.4, -0.2) is 60.0 Å². The quantitative estimate of drug-likeness (QED) is 0.661. The predicted molar refractivity (Wildman–Crippen MR) is 64.9 cm³/mol. The van der Waals surface area contributed by atoms with E-state index in [9.17, 15) is 4.79 Å². The maximum atomic E-state index is 11.1. The number of hydrogen-bond acceptors (Lipinski definition) is 4. The average Bonchev–Trinajstić information content (AvgIpc) is 2.28. The van der Waals surface area contributed by atoms with Gasteiger partial charge in [0.15, 0.2) is 0 Å². The van der Waals surface area contributed by atoms with Gasteiger partial charge < -0.3 is 11.5 Å². The van der Waals surface area contributed by atoms with E-state index in [1.54, 1.807) is 0 Å². The molecule has 0 aromatic heterocycles. The number of hydrogen-bond donors (Lipinski definition) is 2. The molecule has 1 aliphatic rings. The smallest absolute Gasteiger partial charge is 0.234 e. The molecule has 1 heterocycles. The zero-order valence-electron chi connectivity index (χ0n) is 10.6. The number of rotatable bonds is 4. The molecular formula is C11H24N4O. The SMILES string of the molecule is CC(C(N)=O)N1CCN(C(C)(C)CN)CC1. The summed E-state index contributed by atoms with van der Waals surface area (Å²) < 4.78 is 0. The van der Waals surface area contributed by atoms with Crippen LogP contribution < -0.4 is 11.5 Å². The highest BCUT2D eigenvalue weighted by atomic mass is 16.1. The second-order valence-corrected chi connectivity index (χ2v) is 5.12. The molecule has 1 aliphatic heterocycles. The van der Waals surface area contributed by atoms with Crippen LogP contribution in [0.5, 0.6) is 0 Å². The first-order valence-corrected chi connectivity index (χ1v) is 5.87. The van der Waals surface area contributed by atoms with Crippen LogP contribution in [0, 0.1) is 0 Å². The van der Waals surface area contributed by atoms with Gasteiger partial charge in [-0.1, -0.05) is 0 Å². The van der Waals surface area contributed by atoms with Crippen molar-refractivity contribution in [3.8, 4) is 0 Å². The van der Waals surface area contributed by atoms with Crippen LogP contribution in [0.2, 0.25) is 0 Å². The van der Waals surface area contributed by atoms with Gasteiger partial charge in [0.05, 0.1) is 6.04 Å². The molecule has 0 radical (unpaired) electrons. The van der Waals surface area contributed by atoms with Crippen LogP contribution in [0.4, 0.5) is 0 Å². The highest BCUT2D eigenvalue weighted by molar-refractivity contribution is 5.79. The number of nitrogens with zero attached hydrogens (tertiary/aromatic N) is 2. The topological polar surface area (TPSA) is 75.6 Å². The number of carbonyl (C=O) groups is 1. The maximum absolute atomic E-state index is 11.1. The Morgan fingerprint density at radius 1 is 1.31 bits per heavy atom. The Labute approximate surface area is 97.7 Å². The lowest BCUT2D eigenvalue weighted by Crippen LogP contribution is -2.59. The Morgan fingerprint density at radius 2 is 1.81 bits per heavy atom. The molecule has 5 heteroatoms. The molecule has 1 amide bonds. The molecule has 0 aromatic carbocycles. The van der Waals surface area contributed by atoms with Crippen molar-refractivity contribution in [3.63, 3.8) is 0 Å². The molecule has 1 atom stereocenters. The molecule has 4 N–H and O–H groups in total. The molecule has 1 unspecified atom stereocenters. The fraction of sp³-hybridized carbons (Fsp3) is 0.909. The van der Waals surface area contributed by atoms with E-state index in [0.717, 1.165) is 26.2 Å². The van der Waals surface area contributed by atoms with Gasteiger partial charge in [0, 0.05) is 38.3 Å². The monoisotopic (exact) mass is 228 g/mol. The van der Waals surface area contributed by atoms with Crippen LogP contribution in [-0.2, 0) is 4.79 Å². The second-order valence-electron chi connectivity index (χ2n) is 5.12. The molecule has 94 valence electrons. The lowest BCUT2D eigenvalue weighted by atomic mass is 10.0. The molecule has 1 saturated heterocycles. The van der Waals surface area contributed by atoms with Gasteiger partial charge in [-0.2, -0.15) is 0 Å². The van der Waals surface area contributed by atoms with Gasteiger partial charge in [-0.3, -0.25) is 14.6 Å². The van der Waals surface area contributed by atoms with Crippen LogP contribution in [0.25, 0.3) is 0 Å². The molecule has 0 aromatic rings. The first-order chi connectivity index (χ1) is 7.38. The van der Waals surface area contributed by atoms with Gasteiger partial charge in [-0.25, -0.2) is 0 Å². The maximum Gasteiger partial charge on any atom is 0.234 e. The second kappa shape index (κ2) is 5.12. The standard InChI is InChI=1S/C11H24N4O/c1-9(10(13)16)14-4-6-15(7-5-14)11(2,3)8-12/h9H,4-8,12H2,1-3H3,(H2,13,16). The summed E-state index contributed by atoms with van der Waals surface area (Å²) in [6.07, 6.45) is 0. The van der Waals surface area contributed by atoms with E-state index in [2.05, 4.69) is 23.6 Å². The first-order valence-electron chi connectivity index (χ1n) is 5.87. The fourth-order valence-corrected chi connectivity index (χ4v) is 2.02. The average molecular weight is 228 g/mol. The normalized spacial score (nSPS) is 22.0. The number of carbonyl (C=O) groups excluding carboxylic acids is 1. The minimum atomic E-state index is -0.244. The summed E-state index contributed by atoms with van der Waals surface area (Å²) in [6, 6.07) is -0.164. The van der Waals surface area contributed by atoms with E-state index in [1.807, 2.05) is 6.92 Å².